The zero-order chi connectivity index (χ0) is 9.14. The van der Waals surface area contributed by atoms with Gasteiger partial charge in [-0.2, -0.15) is 0 Å². The molecule has 1 aliphatic rings. The largest absolute Gasteiger partial charge is 0.384 e. The van der Waals surface area contributed by atoms with Crippen molar-refractivity contribution >= 4 is 13.7 Å². The van der Waals surface area contributed by atoms with Crippen LogP contribution in [0.15, 0.2) is 0 Å². The van der Waals surface area contributed by atoms with Crippen molar-refractivity contribution in [1.29, 1.82) is 0 Å². The lowest BCUT2D eigenvalue weighted by molar-refractivity contribution is -0.138. The van der Waals surface area contributed by atoms with E-state index in [-0.39, 0.29) is 5.91 Å². The van der Waals surface area contributed by atoms with Crippen LogP contribution in [0.25, 0.3) is 0 Å². The minimum atomic E-state index is -1.41. The van der Waals surface area contributed by atoms with Gasteiger partial charge in [-0.1, -0.05) is 0 Å². The monoisotopic (exact) mass is 191 g/mol. The van der Waals surface area contributed by atoms with Crippen molar-refractivity contribution < 1.29 is 14.5 Å². The maximum Gasteiger partial charge on any atom is 0.251 e. The summed E-state index contributed by atoms with van der Waals surface area (Å²) in [7, 11) is -1.41. The molecule has 0 saturated carbocycles. The predicted octanol–water partition coefficient (Wildman–Crippen LogP) is -0.231. The fraction of sp³-hybridized carbons (Fsp3) is 0.857. The van der Waals surface area contributed by atoms with Gasteiger partial charge in [0.25, 0.3) is 5.91 Å². The molecule has 0 bridgehead atoms. The molecule has 70 valence electrons. The second-order valence-electron chi connectivity index (χ2n) is 3.04. The highest BCUT2D eigenvalue weighted by Gasteiger charge is 2.22. The van der Waals surface area contributed by atoms with Gasteiger partial charge >= 0.3 is 0 Å². The normalized spacial score (nSPS) is 22.3. The minimum Gasteiger partial charge on any atom is -0.384 e. The molecule has 1 fully saturated rings. The van der Waals surface area contributed by atoms with Crippen molar-refractivity contribution in [3.8, 4) is 0 Å². The average molecular weight is 191 g/mol. The molecular formula is C7H14NO3P. The first-order chi connectivity index (χ1) is 5.61. The number of carbonyl (C=O) groups excluding carboxylic acids is 1. The van der Waals surface area contributed by atoms with Gasteiger partial charge in [0.05, 0.1) is 7.80 Å². The van der Waals surface area contributed by atoms with Crippen LogP contribution < -0.4 is 0 Å². The summed E-state index contributed by atoms with van der Waals surface area (Å²) >= 11 is 0. The molecule has 0 aromatic heterocycles. The van der Waals surface area contributed by atoms with Gasteiger partial charge in [0.2, 0.25) is 0 Å². The second kappa shape index (κ2) is 4.06. The van der Waals surface area contributed by atoms with Crippen molar-refractivity contribution in [1.82, 2.24) is 4.90 Å². The molecule has 0 unspecified atom stereocenters. The Bertz CT molecular complexity index is 195. The molecule has 1 atom stereocenters. The van der Waals surface area contributed by atoms with Crippen molar-refractivity contribution in [2.24, 2.45) is 0 Å². The van der Waals surface area contributed by atoms with E-state index in [0.29, 0.717) is 25.4 Å². The van der Waals surface area contributed by atoms with Crippen LogP contribution in [0.3, 0.4) is 0 Å². The third kappa shape index (κ3) is 2.32. The molecule has 1 N–H and O–H groups in total. The maximum absolute atomic E-state index is 11.2. The van der Waals surface area contributed by atoms with Crippen LogP contribution in [-0.4, -0.2) is 47.4 Å². The Kier molecular flexibility index (Phi) is 3.29. The number of hydrogen-bond donors (Lipinski definition) is 1. The SMILES string of the molecule is C[C@@H](O)C(=O)N1CC[PH](=O)CC1. The highest BCUT2D eigenvalue weighted by Crippen LogP contribution is 2.24. The Labute approximate surface area is 72.3 Å². The Balaban J connectivity index is 2.44. The third-order valence-corrected chi connectivity index (χ3v) is 3.55. The summed E-state index contributed by atoms with van der Waals surface area (Å²) in [6.07, 6.45) is 0.303. The molecule has 4 nitrogen and oxygen atoms in total. The molecule has 1 saturated heterocycles. The highest BCUT2D eigenvalue weighted by atomic mass is 31.1. The molecule has 5 heteroatoms. The summed E-state index contributed by atoms with van der Waals surface area (Å²) in [5, 5.41) is 8.98. The van der Waals surface area contributed by atoms with Gasteiger partial charge in [-0.25, -0.2) is 0 Å². The zero-order valence-electron chi connectivity index (χ0n) is 7.12. The fourth-order valence-corrected chi connectivity index (χ4v) is 2.53. The van der Waals surface area contributed by atoms with E-state index in [2.05, 4.69) is 0 Å². The first-order valence-electron chi connectivity index (χ1n) is 4.10. The molecule has 1 aliphatic heterocycles. The first kappa shape index (κ1) is 9.75. The van der Waals surface area contributed by atoms with Crippen LogP contribution in [0.4, 0.5) is 0 Å². The van der Waals surface area contributed by atoms with Crippen molar-refractivity contribution in [2.75, 3.05) is 25.4 Å². The minimum absolute atomic E-state index is 0.246. The van der Waals surface area contributed by atoms with E-state index in [1.807, 2.05) is 0 Å². The molecule has 0 spiro atoms. The molecular weight excluding hydrogens is 177 g/mol. The van der Waals surface area contributed by atoms with E-state index >= 15 is 0 Å². The Morgan fingerprint density at radius 2 is 2.00 bits per heavy atom. The van der Waals surface area contributed by atoms with Crippen LogP contribution in [0.1, 0.15) is 6.92 Å². The molecule has 1 heterocycles. The summed E-state index contributed by atoms with van der Waals surface area (Å²) < 4.78 is 11.0. The zero-order valence-corrected chi connectivity index (χ0v) is 8.12. The molecule has 0 aliphatic carbocycles. The van der Waals surface area contributed by atoms with Gasteiger partial charge in [-0.15, -0.1) is 0 Å². The number of hydrogen-bond acceptors (Lipinski definition) is 3. The van der Waals surface area contributed by atoms with Gasteiger partial charge in [0.1, 0.15) is 6.10 Å². The van der Waals surface area contributed by atoms with E-state index in [0.717, 1.165) is 0 Å². The average Bonchev–Trinajstić information content (AvgIpc) is 2.04. The van der Waals surface area contributed by atoms with E-state index in [1.165, 1.54) is 6.92 Å². The van der Waals surface area contributed by atoms with Crippen molar-refractivity contribution in [3.05, 3.63) is 0 Å². The summed E-state index contributed by atoms with van der Waals surface area (Å²) in [6, 6.07) is 0. The van der Waals surface area contributed by atoms with Crippen LogP contribution in [0.5, 0.6) is 0 Å². The molecule has 1 amide bonds. The van der Waals surface area contributed by atoms with Crippen molar-refractivity contribution in [3.63, 3.8) is 0 Å². The second-order valence-corrected chi connectivity index (χ2v) is 5.12. The molecule has 0 radical (unpaired) electrons. The van der Waals surface area contributed by atoms with Crippen LogP contribution in [0, 0.1) is 0 Å². The lowest BCUT2D eigenvalue weighted by atomic mass is 10.3. The molecule has 1 rings (SSSR count). The smallest absolute Gasteiger partial charge is 0.251 e. The Hall–Kier alpha value is -0.340. The summed E-state index contributed by atoms with van der Waals surface area (Å²) in [5.74, 6) is -0.246. The van der Waals surface area contributed by atoms with Crippen LogP contribution in [-0.2, 0) is 9.36 Å². The fourth-order valence-electron chi connectivity index (χ4n) is 1.24. The highest BCUT2D eigenvalue weighted by molar-refractivity contribution is 7.44. The lowest BCUT2D eigenvalue weighted by Gasteiger charge is -2.27. The van der Waals surface area contributed by atoms with Gasteiger partial charge in [0, 0.05) is 25.4 Å². The number of amides is 1. The maximum atomic E-state index is 11.2. The van der Waals surface area contributed by atoms with Gasteiger partial charge in [-0.3, -0.25) is 4.79 Å². The Morgan fingerprint density at radius 3 is 2.42 bits per heavy atom. The van der Waals surface area contributed by atoms with Gasteiger partial charge in [-0.05, 0) is 6.92 Å². The quantitative estimate of drug-likeness (QED) is 0.582. The lowest BCUT2D eigenvalue weighted by Crippen LogP contribution is -2.42. The number of aliphatic hydroxyl groups is 1. The van der Waals surface area contributed by atoms with Gasteiger partial charge < -0.3 is 14.6 Å². The number of aliphatic hydroxyl groups excluding tert-OH is 1. The number of rotatable bonds is 1. The topological polar surface area (TPSA) is 57.6 Å². The van der Waals surface area contributed by atoms with Crippen molar-refractivity contribution in [2.45, 2.75) is 13.0 Å². The van der Waals surface area contributed by atoms with E-state index in [9.17, 15) is 9.36 Å². The van der Waals surface area contributed by atoms with E-state index in [1.54, 1.807) is 4.90 Å². The van der Waals surface area contributed by atoms with Crippen LogP contribution >= 0.6 is 7.80 Å². The first-order valence-corrected chi connectivity index (χ1v) is 5.92. The standard InChI is InChI=1S/C7H14NO3P/c1-6(9)7(10)8-2-4-12(11)5-3-8/h6,9,12H,2-5H2,1H3/t6-/m1/s1. The van der Waals surface area contributed by atoms with Crippen LogP contribution in [0.2, 0.25) is 0 Å². The Morgan fingerprint density at radius 1 is 1.50 bits per heavy atom. The molecule has 0 aromatic rings. The summed E-state index contributed by atoms with van der Waals surface area (Å²) in [5.41, 5.74) is 0. The third-order valence-electron chi connectivity index (χ3n) is 1.99. The predicted molar refractivity (Wildman–Crippen MR) is 47.0 cm³/mol. The van der Waals surface area contributed by atoms with Gasteiger partial charge in [0.15, 0.2) is 0 Å². The number of carbonyl (C=O) groups is 1. The summed E-state index contributed by atoms with van der Waals surface area (Å²) in [6.45, 7) is 2.54. The molecule has 0 aromatic carbocycles. The van der Waals surface area contributed by atoms with E-state index in [4.69, 9.17) is 5.11 Å². The molecule has 12 heavy (non-hydrogen) atoms. The number of nitrogens with zero attached hydrogens (tertiary/aromatic N) is 1. The summed E-state index contributed by atoms with van der Waals surface area (Å²) in [4.78, 5) is 12.8. The van der Waals surface area contributed by atoms with E-state index < -0.39 is 13.9 Å².